The Morgan fingerprint density at radius 3 is 2.41 bits per heavy atom. The molecule has 0 bridgehead atoms. The van der Waals surface area contributed by atoms with Crippen molar-refractivity contribution < 1.29 is 19.0 Å². The van der Waals surface area contributed by atoms with Gasteiger partial charge in [0.25, 0.3) is 5.91 Å². The number of amides is 1. The van der Waals surface area contributed by atoms with E-state index in [0.717, 1.165) is 16.3 Å². The van der Waals surface area contributed by atoms with E-state index in [9.17, 15) is 4.79 Å². The van der Waals surface area contributed by atoms with E-state index in [4.69, 9.17) is 14.2 Å². The zero-order chi connectivity index (χ0) is 19.2. The van der Waals surface area contributed by atoms with Crippen molar-refractivity contribution in [2.75, 3.05) is 27.9 Å². The van der Waals surface area contributed by atoms with E-state index in [1.807, 2.05) is 60.7 Å². The number of methoxy groups -OCH3 is 2. The SMILES string of the molecule is COc1ccc(CN(C)C(=O)COc2cccc3ccccc23)cc1OC. The number of carbonyl (C=O) groups is 1. The van der Waals surface area contributed by atoms with Crippen LogP contribution < -0.4 is 14.2 Å². The van der Waals surface area contributed by atoms with Crippen molar-refractivity contribution in [2.24, 2.45) is 0 Å². The molecule has 0 unspecified atom stereocenters. The molecule has 0 saturated heterocycles. The summed E-state index contributed by atoms with van der Waals surface area (Å²) in [6.45, 7) is 0.440. The first-order valence-electron chi connectivity index (χ1n) is 8.68. The molecule has 3 rings (SSSR count). The first-order valence-corrected chi connectivity index (χ1v) is 8.68. The minimum atomic E-state index is -0.0993. The van der Waals surface area contributed by atoms with Crippen LogP contribution in [0.25, 0.3) is 10.8 Å². The largest absolute Gasteiger partial charge is 0.493 e. The third-order valence-corrected chi connectivity index (χ3v) is 4.39. The van der Waals surface area contributed by atoms with Crippen LogP contribution in [0.15, 0.2) is 60.7 Å². The first kappa shape index (κ1) is 18.6. The Bertz CT molecular complexity index is 933. The monoisotopic (exact) mass is 365 g/mol. The van der Waals surface area contributed by atoms with Gasteiger partial charge in [0.05, 0.1) is 14.2 Å². The summed E-state index contributed by atoms with van der Waals surface area (Å²) >= 11 is 0. The number of benzene rings is 3. The van der Waals surface area contributed by atoms with Crippen molar-refractivity contribution >= 4 is 16.7 Å². The van der Waals surface area contributed by atoms with Crippen LogP contribution in [0.5, 0.6) is 17.2 Å². The molecule has 3 aromatic rings. The smallest absolute Gasteiger partial charge is 0.260 e. The molecule has 0 aromatic heterocycles. The number of carbonyl (C=O) groups excluding carboxylic acids is 1. The van der Waals surface area contributed by atoms with E-state index < -0.39 is 0 Å². The lowest BCUT2D eigenvalue weighted by Gasteiger charge is -2.19. The average molecular weight is 365 g/mol. The molecule has 0 saturated carbocycles. The Morgan fingerprint density at radius 2 is 1.63 bits per heavy atom. The Kier molecular flexibility index (Phi) is 5.81. The summed E-state index contributed by atoms with van der Waals surface area (Å²) in [5.74, 6) is 1.91. The lowest BCUT2D eigenvalue weighted by atomic mass is 10.1. The highest BCUT2D eigenvalue weighted by atomic mass is 16.5. The van der Waals surface area contributed by atoms with Crippen molar-refractivity contribution in [2.45, 2.75) is 6.54 Å². The third kappa shape index (κ3) is 4.31. The molecule has 0 spiro atoms. The van der Waals surface area contributed by atoms with E-state index >= 15 is 0 Å². The van der Waals surface area contributed by atoms with Crippen molar-refractivity contribution in [3.63, 3.8) is 0 Å². The average Bonchev–Trinajstić information content (AvgIpc) is 2.71. The van der Waals surface area contributed by atoms with Crippen LogP contribution in [0.4, 0.5) is 0 Å². The van der Waals surface area contributed by atoms with Gasteiger partial charge in [0.15, 0.2) is 18.1 Å². The lowest BCUT2D eigenvalue weighted by molar-refractivity contribution is -0.132. The van der Waals surface area contributed by atoms with Crippen molar-refractivity contribution in [1.82, 2.24) is 4.90 Å². The van der Waals surface area contributed by atoms with Gasteiger partial charge in [-0.25, -0.2) is 0 Å². The Morgan fingerprint density at radius 1 is 0.889 bits per heavy atom. The van der Waals surface area contributed by atoms with Crippen molar-refractivity contribution in [1.29, 1.82) is 0 Å². The summed E-state index contributed by atoms with van der Waals surface area (Å²) in [7, 11) is 4.94. The van der Waals surface area contributed by atoms with Gasteiger partial charge in [-0.2, -0.15) is 0 Å². The summed E-state index contributed by atoms with van der Waals surface area (Å²) in [5, 5.41) is 2.08. The molecule has 0 radical (unpaired) electrons. The summed E-state index contributed by atoms with van der Waals surface area (Å²) in [6, 6.07) is 19.4. The topological polar surface area (TPSA) is 48.0 Å². The highest BCUT2D eigenvalue weighted by Crippen LogP contribution is 2.28. The highest BCUT2D eigenvalue weighted by molar-refractivity contribution is 5.88. The third-order valence-electron chi connectivity index (χ3n) is 4.39. The number of fused-ring (bicyclic) bond motifs is 1. The summed E-state index contributed by atoms with van der Waals surface area (Å²) < 4.78 is 16.3. The second kappa shape index (κ2) is 8.45. The number of ether oxygens (including phenoxy) is 3. The standard InChI is InChI=1S/C22H23NO4/c1-23(14-16-11-12-20(25-2)21(13-16)26-3)22(24)15-27-19-10-6-8-17-7-4-5-9-18(17)19/h4-13H,14-15H2,1-3H3. The molecule has 140 valence electrons. The van der Waals surface area contributed by atoms with Crippen LogP contribution in [0.2, 0.25) is 0 Å². The van der Waals surface area contributed by atoms with Gasteiger partial charge >= 0.3 is 0 Å². The van der Waals surface area contributed by atoms with Crippen LogP contribution in [0.3, 0.4) is 0 Å². The fourth-order valence-corrected chi connectivity index (χ4v) is 2.91. The Hall–Kier alpha value is -3.21. The van der Waals surface area contributed by atoms with Crippen molar-refractivity contribution in [3.8, 4) is 17.2 Å². The number of hydrogen-bond acceptors (Lipinski definition) is 4. The molecular formula is C22H23NO4. The van der Waals surface area contributed by atoms with E-state index in [0.29, 0.717) is 23.8 Å². The molecule has 0 aliphatic carbocycles. The predicted octanol–water partition coefficient (Wildman–Crippen LogP) is 3.89. The maximum atomic E-state index is 12.5. The second-order valence-electron chi connectivity index (χ2n) is 6.21. The van der Waals surface area contributed by atoms with E-state index in [1.165, 1.54) is 0 Å². The molecule has 27 heavy (non-hydrogen) atoms. The van der Waals surface area contributed by atoms with Crippen LogP contribution >= 0.6 is 0 Å². The minimum Gasteiger partial charge on any atom is -0.493 e. The minimum absolute atomic E-state index is 0.0161. The van der Waals surface area contributed by atoms with Crippen molar-refractivity contribution in [3.05, 3.63) is 66.2 Å². The summed E-state index contributed by atoms with van der Waals surface area (Å²) in [5.41, 5.74) is 0.952. The van der Waals surface area contributed by atoms with Gasteiger partial charge in [-0.05, 0) is 29.1 Å². The Balaban J connectivity index is 1.64. The second-order valence-corrected chi connectivity index (χ2v) is 6.21. The molecule has 0 N–H and O–H groups in total. The first-order chi connectivity index (χ1) is 13.1. The van der Waals surface area contributed by atoms with Gasteiger partial charge in [0.2, 0.25) is 0 Å². The number of likely N-dealkylation sites (N-methyl/N-ethyl adjacent to an activating group) is 1. The molecule has 0 aliphatic heterocycles. The number of rotatable bonds is 7. The maximum absolute atomic E-state index is 12.5. The van der Waals surface area contributed by atoms with Gasteiger partial charge in [0.1, 0.15) is 5.75 Å². The number of hydrogen-bond donors (Lipinski definition) is 0. The zero-order valence-corrected chi connectivity index (χ0v) is 15.8. The quantitative estimate of drug-likeness (QED) is 0.637. The van der Waals surface area contributed by atoms with E-state index in [1.54, 1.807) is 26.2 Å². The molecule has 3 aromatic carbocycles. The predicted molar refractivity (Wildman–Crippen MR) is 105 cm³/mol. The van der Waals surface area contributed by atoms with Crippen LogP contribution in [-0.4, -0.2) is 38.7 Å². The van der Waals surface area contributed by atoms with E-state index in [2.05, 4.69) is 0 Å². The van der Waals surface area contributed by atoms with Gasteiger partial charge in [-0.15, -0.1) is 0 Å². The van der Waals surface area contributed by atoms with Crippen LogP contribution in [-0.2, 0) is 11.3 Å². The van der Waals surface area contributed by atoms with Gasteiger partial charge in [-0.3, -0.25) is 4.79 Å². The Labute approximate surface area is 159 Å². The summed E-state index contributed by atoms with van der Waals surface area (Å²) in [4.78, 5) is 14.1. The fraction of sp³-hybridized carbons (Fsp3) is 0.227. The zero-order valence-electron chi connectivity index (χ0n) is 15.8. The van der Waals surface area contributed by atoms with E-state index in [-0.39, 0.29) is 12.5 Å². The highest BCUT2D eigenvalue weighted by Gasteiger charge is 2.13. The normalized spacial score (nSPS) is 10.5. The van der Waals surface area contributed by atoms with Gasteiger partial charge < -0.3 is 19.1 Å². The lowest BCUT2D eigenvalue weighted by Crippen LogP contribution is -2.31. The molecule has 0 fully saturated rings. The van der Waals surface area contributed by atoms with Crippen LogP contribution in [0.1, 0.15) is 5.56 Å². The molecule has 0 aliphatic rings. The molecule has 1 amide bonds. The molecule has 0 atom stereocenters. The number of nitrogens with zero attached hydrogens (tertiary/aromatic N) is 1. The van der Waals surface area contributed by atoms with Crippen LogP contribution in [0, 0.1) is 0 Å². The van der Waals surface area contributed by atoms with Gasteiger partial charge in [0, 0.05) is 19.0 Å². The van der Waals surface area contributed by atoms with Gasteiger partial charge in [-0.1, -0.05) is 42.5 Å². The molecule has 0 heterocycles. The fourth-order valence-electron chi connectivity index (χ4n) is 2.91. The molecular weight excluding hydrogens is 342 g/mol. The summed E-state index contributed by atoms with van der Waals surface area (Å²) in [6.07, 6.45) is 0. The molecule has 5 nitrogen and oxygen atoms in total. The maximum Gasteiger partial charge on any atom is 0.260 e. The molecule has 5 heteroatoms.